The quantitative estimate of drug-likeness (QED) is 0.0652. The maximum atomic E-state index is 13.8. The monoisotopic (exact) mass is 1720 g/mol. The van der Waals surface area contributed by atoms with Gasteiger partial charge < -0.3 is 57.6 Å². The van der Waals surface area contributed by atoms with Crippen LogP contribution in [0.25, 0.3) is 0 Å². The van der Waals surface area contributed by atoms with Crippen LogP contribution < -0.4 is 0 Å². The number of rotatable bonds is 20. The van der Waals surface area contributed by atoms with Crippen LogP contribution in [-0.4, -0.2) is 139 Å². The Morgan fingerprint density at radius 3 is 1.06 bits per heavy atom. The van der Waals surface area contributed by atoms with Crippen molar-refractivity contribution in [3.63, 3.8) is 0 Å². The zero-order chi connectivity index (χ0) is 101. The van der Waals surface area contributed by atoms with E-state index in [-0.39, 0.29) is 118 Å². The van der Waals surface area contributed by atoms with E-state index in [2.05, 4.69) is 55.4 Å². The Hall–Kier alpha value is -4.52. The number of aliphatic hydroxyl groups is 4. The Bertz CT molecular complexity index is 5190. The zero-order valence-electron chi connectivity index (χ0n) is 92.4. The molecule has 1 unspecified atom stereocenters. The average molecular weight is 1730 g/mol. The Kier molecular flexibility index (Phi) is 21.0. The number of carbonyl (C=O) groups excluding carboxylic acids is 4. The Balaban J connectivity index is 0.000000128. The third kappa shape index (κ3) is 16.4. The van der Waals surface area contributed by atoms with Crippen LogP contribution in [0.5, 0.6) is 0 Å². The van der Waals surface area contributed by atoms with Gasteiger partial charge >= 0.3 is 0 Å². The molecule has 4 heterocycles. The van der Waals surface area contributed by atoms with Gasteiger partial charge in [-0.15, -0.1) is 0 Å². The molecule has 20 rings (SSSR count). The van der Waals surface area contributed by atoms with Crippen molar-refractivity contribution in [1.82, 2.24) is 18.3 Å². The summed E-state index contributed by atoms with van der Waals surface area (Å²) in [5, 5.41) is 44.4. The highest BCUT2D eigenvalue weighted by Gasteiger charge is 2.68. The molecule has 16 aliphatic carbocycles. The highest BCUT2D eigenvalue weighted by Crippen LogP contribution is 2.74. The first kappa shape index (κ1) is 74.1. The van der Waals surface area contributed by atoms with Crippen LogP contribution in [0, 0.1) is 162 Å². The van der Waals surface area contributed by atoms with Gasteiger partial charge in [0.2, 0.25) is 0 Å². The second-order valence-electron chi connectivity index (χ2n) is 46.0. The summed E-state index contributed by atoms with van der Waals surface area (Å²) in [5.41, 5.74) is -4.34. The Labute approximate surface area is 766 Å². The third-order valence-corrected chi connectivity index (χ3v) is 40.6. The molecule has 0 aromatic carbocycles. The number of ether oxygens (including phenoxy) is 4. The summed E-state index contributed by atoms with van der Waals surface area (Å²) in [7, 11) is 6.33. The number of Topliss-reactive ketones (excluding diaryl/α,β-unsaturated/α-hetero) is 4. The van der Waals surface area contributed by atoms with E-state index in [4.69, 9.17) is 35.4 Å². The SMILES string of the molecule is [2H]C([2H])(C(=O)[C@@]1([2H])CC[C@H]2[C@@H]3CC[C@H]4C[C@@](O)(COC)CC[C@]4(C)[C@H]3CC[C@@]21C)n1cccc1.[2H]c1cc([2H])n(C([2H])C(=O)[C@@]2([2H])CC[C@H]3[C@@H]4CC[C@H]5C[C@@](O)(COC)CC[C@]5(C)[C@H]4CC[C@@]32C)c1[2H].[2H]c1cc([2H])n(CC(=O)[C@H]2CC[C@H]3[C@@H]4CC[C@H]5C[C@@](O)(COC)CC[C@]5(C)[C@H]4CC[C@]23C)c1[2H].[2H]c1cccn1CC(=O)[C@@]1([2H])CC[C@H]2[C@@H]3CC[C@H]4C[C@@](O)(C([2H])([2H])OC)CC[C@]4(C)[C@H]3CC[C@@]21C. The molecule has 33 atom stereocenters. The van der Waals surface area contributed by atoms with Crippen molar-refractivity contribution in [2.75, 3.05) is 54.8 Å². The van der Waals surface area contributed by atoms with E-state index in [9.17, 15) is 43.7 Å². The molecule has 0 radical (unpaired) electrons. The van der Waals surface area contributed by atoms with Crippen LogP contribution in [0.3, 0.4) is 0 Å². The average Bonchev–Trinajstić information content (AvgIpc) is 1.58. The van der Waals surface area contributed by atoms with Crippen molar-refractivity contribution in [3.05, 3.63) is 97.9 Å². The maximum Gasteiger partial charge on any atom is 0.156 e. The van der Waals surface area contributed by atoms with E-state index >= 15 is 0 Å². The van der Waals surface area contributed by atoms with E-state index in [1.54, 1.807) is 68.8 Å². The molecule has 0 amide bonds. The van der Waals surface area contributed by atoms with Gasteiger partial charge in [-0.25, -0.2) is 0 Å². The van der Waals surface area contributed by atoms with Crippen LogP contribution >= 0.6 is 0 Å². The number of hydrogen-bond acceptors (Lipinski definition) is 12. The molecule has 16 nitrogen and oxygen atoms in total. The molecule has 4 aromatic rings. The summed E-state index contributed by atoms with van der Waals surface area (Å²) in [6, 6.07) is 9.30. The number of hydrogen-bond donors (Lipinski definition) is 4. The van der Waals surface area contributed by atoms with E-state index in [1.165, 1.54) is 34.8 Å². The number of methoxy groups -OCH3 is 4. The molecule has 0 saturated heterocycles. The fourth-order valence-corrected chi connectivity index (χ4v) is 34.3. The second kappa shape index (κ2) is 35.2. The minimum atomic E-state index is -2.21. The molecule has 688 valence electrons. The van der Waals surface area contributed by atoms with E-state index in [0.29, 0.717) is 135 Å². The summed E-state index contributed by atoms with van der Waals surface area (Å²) in [5.74, 6) is 2.42. The Morgan fingerprint density at radius 1 is 0.331 bits per heavy atom. The van der Waals surface area contributed by atoms with Gasteiger partial charge in [0.25, 0.3) is 0 Å². The van der Waals surface area contributed by atoms with Gasteiger partial charge in [0.1, 0.15) is 0 Å². The summed E-state index contributed by atoms with van der Waals surface area (Å²) in [4.78, 5) is 54.5. The molecule has 4 N–H and O–H groups in total. The van der Waals surface area contributed by atoms with Gasteiger partial charge in [-0.2, -0.15) is 0 Å². The molecule has 4 aromatic heterocycles. The lowest BCUT2D eigenvalue weighted by molar-refractivity contribution is -0.164. The molecule has 16 heteroatoms. The number of nitrogens with zero attached hydrogens (tertiary/aromatic N) is 4. The van der Waals surface area contributed by atoms with Gasteiger partial charge in [-0.1, -0.05) is 55.4 Å². The predicted octanol–water partition coefficient (Wildman–Crippen LogP) is 20.4. The van der Waals surface area contributed by atoms with Crippen molar-refractivity contribution in [2.45, 2.75) is 335 Å². The second-order valence-corrected chi connectivity index (χ2v) is 46.0. The van der Waals surface area contributed by atoms with Crippen molar-refractivity contribution < 1.29 is 79.1 Å². The zero-order valence-corrected chi connectivity index (χ0v) is 77.4. The molecular weight excluding hydrogens is 1550 g/mol. The minimum absolute atomic E-state index is 0.00572. The molecule has 16 aliphatic rings. The van der Waals surface area contributed by atoms with Gasteiger partial charge in [-0.3, -0.25) is 19.2 Å². The first-order chi connectivity index (χ1) is 65.1. The van der Waals surface area contributed by atoms with Crippen molar-refractivity contribution in [1.29, 1.82) is 0 Å². The van der Waals surface area contributed by atoms with Crippen molar-refractivity contribution in [3.8, 4) is 0 Å². The lowest BCUT2D eigenvalue weighted by Gasteiger charge is -2.62. The van der Waals surface area contributed by atoms with Gasteiger partial charge in [0.15, 0.2) is 23.1 Å². The summed E-state index contributed by atoms with van der Waals surface area (Å²) >= 11 is 0. The molecule has 0 aliphatic heterocycles. The van der Waals surface area contributed by atoms with Gasteiger partial charge in [-0.05, 0) is 418 Å². The van der Waals surface area contributed by atoms with E-state index in [0.717, 1.165) is 197 Å². The highest BCUT2D eigenvalue weighted by atomic mass is 16.5. The topological polar surface area (TPSA) is 206 Å². The van der Waals surface area contributed by atoms with E-state index in [1.807, 2.05) is 0 Å². The normalized spacial score (nSPS) is 50.8. The molecule has 124 heavy (non-hydrogen) atoms. The summed E-state index contributed by atoms with van der Waals surface area (Å²) in [6.45, 7) is 14.0. The van der Waals surface area contributed by atoms with Crippen molar-refractivity contribution in [2.24, 2.45) is 162 Å². The molecule has 16 fully saturated rings. The number of carbonyl (C=O) groups is 4. The smallest absolute Gasteiger partial charge is 0.156 e. The molecule has 0 bridgehead atoms. The fourth-order valence-electron chi connectivity index (χ4n) is 34.3. The van der Waals surface area contributed by atoms with Crippen LogP contribution in [-0.2, 0) is 64.2 Å². The molecule has 16 saturated carbocycles. The number of aromatic nitrogens is 4. The summed E-state index contributed by atoms with van der Waals surface area (Å²) < 4.78 is 153. The molecule has 0 spiro atoms. The van der Waals surface area contributed by atoms with Crippen LogP contribution in [0.15, 0.2) is 97.9 Å². The first-order valence-electron chi connectivity index (χ1n) is 56.7. The van der Waals surface area contributed by atoms with Gasteiger partial charge in [0.05, 0.1) is 91.3 Å². The predicted molar refractivity (Wildman–Crippen MR) is 486 cm³/mol. The third-order valence-electron chi connectivity index (χ3n) is 40.6. The summed E-state index contributed by atoms with van der Waals surface area (Å²) in [6.07, 6.45) is 36.4. The van der Waals surface area contributed by atoms with Crippen molar-refractivity contribution >= 4 is 23.1 Å². The molecular formula is C108H164N4O12. The van der Waals surface area contributed by atoms with Crippen LogP contribution in [0.2, 0.25) is 0 Å². The number of ketones is 4. The van der Waals surface area contributed by atoms with E-state index < -0.39 is 82.1 Å². The maximum absolute atomic E-state index is 13.8. The van der Waals surface area contributed by atoms with Gasteiger partial charge in [0, 0.05) is 106 Å². The first-order valence-corrected chi connectivity index (χ1v) is 49.1. The minimum Gasteiger partial charge on any atom is -0.387 e. The highest BCUT2D eigenvalue weighted by molar-refractivity contribution is 5.84. The lowest BCUT2D eigenvalue weighted by Crippen LogP contribution is -2.56. The largest absolute Gasteiger partial charge is 0.387 e. The van der Waals surface area contributed by atoms with Crippen LogP contribution in [0.1, 0.15) is 307 Å². The fraction of sp³-hybridized carbons (Fsp3) is 0.815. The lowest BCUT2D eigenvalue weighted by atomic mass is 9.44. The standard InChI is InChI=1S/4C27H41NO3/c4*1-25-12-13-27(30,18-31-3)16-19(25)6-7-20-21-8-9-23(26(21,2)11-10-22(20)25)24(29)17-28-14-4-5-15-28/h4*4-5,14-15,19-23,30H,6-13,16-18H2,1-3H3/t4*19-,20-,21-,22-,23+,25-,26-,27+/m0000/s1/i4D,14D,15D,17D,23D;14D,18D2,23D;4D,14D,15D;17D2,23D/t17?,19-,20-,21-,22-,23+,25-,26-,27+;3m. The van der Waals surface area contributed by atoms with Crippen LogP contribution in [0.4, 0.5) is 0 Å². The Morgan fingerprint density at radius 2 is 0.669 bits per heavy atom. The number of fused-ring (bicyclic) bond motifs is 20.